The summed E-state index contributed by atoms with van der Waals surface area (Å²) in [4.78, 5) is 19.1. The van der Waals surface area contributed by atoms with Gasteiger partial charge in [-0.05, 0) is 36.5 Å². The second kappa shape index (κ2) is 4.17. The highest BCUT2D eigenvalue weighted by Gasteiger charge is 2.53. The zero-order valence-electron chi connectivity index (χ0n) is 11.2. The van der Waals surface area contributed by atoms with Crippen LogP contribution in [0.1, 0.15) is 24.0 Å². The van der Waals surface area contributed by atoms with Crippen LogP contribution in [0.5, 0.6) is 0 Å². The molecule has 0 unspecified atom stereocenters. The number of aromatic nitrogens is 1. The first-order chi connectivity index (χ1) is 9.81. The lowest BCUT2D eigenvalue weighted by Crippen LogP contribution is -2.38. The monoisotopic (exact) mass is 264 g/mol. The fourth-order valence-electron chi connectivity index (χ4n) is 3.21. The van der Waals surface area contributed by atoms with Gasteiger partial charge in [0, 0.05) is 24.6 Å². The Bertz CT molecular complexity index is 662. The second-order valence-electron chi connectivity index (χ2n) is 5.66. The quantitative estimate of drug-likeness (QED) is 0.835. The summed E-state index contributed by atoms with van der Waals surface area (Å²) in [5.41, 5.74) is 3.12. The van der Waals surface area contributed by atoms with Gasteiger partial charge in [0.25, 0.3) is 0 Å². The molecule has 1 saturated carbocycles. The van der Waals surface area contributed by atoms with Gasteiger partial charge in [-0.2, -0.15) is 0 Å². The highest BCUT2D eigenvalue weighted by molar-refractivity contribution is 6.04. The molecule has 1 aliphatic carbocycles. The van der Waals surface area contributed by atoms with E-state index in [4.69, 9.17) is 0 Å². The van der Waals surface area contributed by atoms with E-state index in [2.05, 4.69) is 17.1 Å². The van der Waals surface area contributed by atoms with Crippen LogP contribution in [-0.2, 0) is 16.6 Å². The summed E-state index contributed by atoms with van der Waals surface area (Å²) < 4.78 is 0. The van der Waals surface area contributed by atoms with E-state index in [-0.39, 0.29) is 11.3 Å². The van der Waals surface area contributed by atoms with Gasteiger partial charge in [-0.1, -0.05) is 30.3 Å². The number of rotatable bonds is 2. The topological polar surface area (TPSA) is 33.2 Å². The van der Waals surface area contributed by atoms with Crippen molar-refractivity contribution in [2.45, 2.75) is 24.7 Å². The summed E-state index contributed by atoms with van der Waals surface area (Å²) in [6.07, 6.45) is 6.50. The molecule has 100 valence electrons. The minimum atomic E-state index is -0.272. The van der Waals surface area contributed by atoms with Crippen LogP contribution in [0, 0.1) is 0 Å². The Labute approximate surface area is 118 Å². The molecule has 1 amide bonds. The van der Waals surface area contributed by atoms with Crippen molar-refractivity contribution in [3.63, 3.8) is 0 Å². The standard InChI is InChI=1S/C17H16N2O/c20-16(17(8-9-17)14-4-2-1-3-5-14)19-11-7-13-12-18-10-6-15(13)19/h1-6,10,12H,7-9,11H2. The molecule has 0 spiro atoms. The fraction of sp³-hybridized carbons (Fsp3) is 0.294. The summed E-state index contributed by atoms with van der Waals surface area (Å²) in [6, 6.07) is 12.2. The van der Waals surface area contributed by atoms with Crippen LogP contribution < -0.4 is 4.90 Å². The zero-order valence-corrected chi connectivity index (χ0v) is 11.2. The molecular formula is C17H16N2O. The molecule has 2 aromatic rings. The van der Waals surface area contributed by atoms with E-state index >= 15 is 0 Å². The number of anilines is 1. The van der Waals surface area contributed by atoms with Gasteiger partial charge < -0.3 is 4.90 Å². The van der Waals surface area contributed by atoms with Crippen LogP contribution in [0.3, 0.4) is 0 Å². The van der Waals surface area contributed by atoms with Gasteiger partial charge in [-0.3, -0.25) is 9.78 Å². The molecule has 3 heteroatoms. The van der Waals surface area contributed by atoms with Gasteiger partial charge in [0.15, 0.2) is 0 Å². The molecule has 2 aliphatic rings. The van der Waals surface area contributed by atoms with Crippen molar-refractivity contribution < 1.29 is 4.79 Å². The molecule has 1 aliphatic heterocycles. The number of amides is 1. The Kier molecular flexibility index (Phi) is 2.43. The predicted molar refractivity (Wildman–Crippen MR) is 77.6 cm³/mol. The first kappa shape index (κ1) is 11.6. The number of hydrogen-bond donors (Lipinski definition) is 0. The van der Waals surface area contributed by atoms with Crippen molar-refractivity contribution >= 4 is 11.6 Å². The van der Waals surface area contributed by atoms with Crippen LogP contribution >= 0.6 is 0 Å². The van der Waals surface area contributed by atoms with Gasteiger partial charge >= 0.3 is 0 Å². The summed E-state index contributed by atoms with van der Waals surface area (Å²) in [7, 11) is 0. The Morgan fingerprint density at radius 3 is 2.70 bits per heavy atom. The predicted octanol–water partition coefficient (Wildman–Crippen LogP) is 2.70. The van der Waals surface area contributed by atoms with Crippen molar-refractivity contribution in [1.82, 2.24) is 4.98 Å². The molecule has 0 N–H and O–H groups in total. The summed E-state index contributed by atoms with van der Waals surface area (Å²) in [5, 5.41) is 0. The van der Waals surface area contributed by atoms with Crippen molar-refractivity contribution in [1.29, 1.82) is 0 Å². The molecule has 2 heterocycles. The van der Waals surface area contributed by atoms with E-state index in [0.717, 1.165) is 37.1 Å². The number of pyridine rings is 1. The molecule has 0 bridgehead atoms. The van der Waals surface area contributed by atoms with Crippen LogP contribution in [0.4, 0.5) is 5.69 Å². The number of nitrogens with zero attached hydrogens (tertiary/aromatic N) is 2. The van der Waals surface area contributed by atoms with Gasteiger partial charge in [0.1, 0.15) is 0 Å². The van der Waals surface area contributed by atoms with E-state index in [1.54, 1.807) is 6.20 Å². The molecule has 1 aromatic heterocycles. The summed E-state index contributed by atoms with van der Waals surface area (Å²) >= 11 is 0. The maximum Gasteiger partial charge on any atom is 0.237 e. The Morgan fingerprint density at radius 1 is 1.15 bits per heavy atom. The molecule has 3 nitrogen and oxygen atoms in total. The number of benzene rings is 1. The van der Waals surface area contributed by atoms with Crippen molar-refractivity contribution in [3.8, 4) is 0 Å². The fourth-order valence-corrected chi connectivity index (χ4v) is 3.21. The van der Waals surface area contributed by atoms with Crippen LogP contribution in [0.15, 0.2) is 48.8 Å². The van der Waals surface area contributed by atoms with Crippen LogP contribution in [0.25, 0.3) is 0 Å². The number of fused-ring (bicyclic) bond motifs is 1. The van der Waals surface area contributed by atoms with E-state index in [1.807, 2.05) is 35.4 Å². The lowest BCUT2D eigenvalue weighted by molar-refractivity contribution is -0.120. The molecule has 0 atom stereocenters. The van der Waals surface area contributed by atoms with Gasteiger partial charge in [0.2, 0.25) is 5.91 Å². The molecule has 4 rings (SSSR count). The normalized spacial score (nSPS) is 18.7. The third-order valence-electron chi connectivity index (χ3n) is 4.50. The van der Waals surface area contributed by atoms with Crippen molar-refractivity contribution in [3.05, 3.63) is 59.9 Å². The molecule has 1 fully saturated rings. The summed E-state index contributed by atoms with van der Waals surface area (Å²) in [6.45, 7) is 0.786. The molecule has 20 heavy (non-hydrogen) atoms. The number of carbonyl (C=O) groups excluding carboxylic acids is 1. The van der Waals surface area contributed by atoms with Gasteiger partial charge in [-0.25, -0.2) is 0 Å². The van der Waals surface area contributed by atoms with E-state index in [1.165, 1.54) is 5.56 Å². The van der Waals surface area contributed by atoms with E-state index in [9.17, 15) is 4.79 Å². The van der Waals surface area contributed by atoms with E-state index in [0.29, 0.717) is 0 Å². The SMILES string of the molecule is O=C(N1CCc2cnccc21)C1(c2ccccc2)CC1. The lowest BCUT2D eigenvalue weighted by Gasteiger charge is -2.24. The number of hydrogen-bond acceptors (Lipinski definition) is 2. The van der Waals surface area contributed by atoms with E-state index < -0.39 is 0 Å². The Morgan fingerprint density at radius 2 is 1.95 bits per heavy atom. The summed E-state index contributed by atoms with van der Waals surface area (Å²) in [5.74, 6) is 0.258. The Balaban J connectivity index is 1.70. The highest BCUT2D eigenvalue weighted by Crippen LogP contribution is 2.50. The average Bonchev–Trinajstić information content (AvgIpc) is 3.21. The number of carbonyl (C=O) groups is 1. The largest absolute Gasteiger partial charge is 0.311 e. The maximum absolute atomic E-state index is 13.0. The lowest BCUT2D eigenvalue weighted by atomic mass is 9.94. The first-order valence-electron chi connectivity index (χ1n) is 7.12. The maximum atomic E-state index is 13.0. The average molecular weight is 264 g/mol. The third kappa shape index (κ3) is 1.59. The van der Waals surface area contributed by atoms with Crippen LogP contribution in [0.2, 0.25) is 0 Å². The van der Waals surface area contributed by atoms with Gasteiger partial charge in [-0.15, -0.1) is 0 Å². The molecule has 1 aromatic carbocycles. The highest BCUT2D eigenvalue weighted by atomic mass is 16.2. The minimum absolute atomic E-state index is 0.258. The Hall–Kier alpha value is -2.16. The minimum Gasteiger partial charge on any atom is -0.311 e. The van der Waals surface area contributed by atoms with Crippen molar-refractivity contribution in [2.75, 3.05) is 11.4 Å². The second-order valence-corrected chi connectivity index (χ2v) is 5.66. The smallest absolute Gasteiger partial charge is 0.237 e. The molecular weight excluding hydrogens is 248 g/mol. The van der Waals surface area contributed by atoms with Crippen LogP contribution in [-0.4, -0.2) is 17.4 Å². The zero-order chi connectivity index (χ0) is 13.6. The van der Waals surface area contributed by atoms with Crippen molar-refractivity contribution in [2.24, 2.45) is 0 Å². The van der Waals surface area contributed by atoms with Gasteiger partial charge in [0.05, 0.1) is 5.41 Å². The molecule has 0 radical (unpaired) electrons. The molecule has 0 saturated heterocycles. The first-order valence-corrected chi connectivity index (χ1v) is 7.12. The third-order valence-corrected chi connectivity index (χ3v) is 4.50.